The molecule has 0 aromatic carbocycles. The largest absolute Gasteiger partial charge is 0.316 e. The van der Waals surface area contributed by atoms with Gasteiger partial charge in [0, 0.05) is 11.3 Å². The lowest BCUT2D eigenvalue weighted by Gasteiger charge is -2.15. The van der Waals surface area contributed by atoms with Crippen LogP contribution >= 0.6 is 11.8 Å². The highest BCUT2D eigenvalue weighted by atomic mass is 32.2. The standard InChI is InChI=1S/C6H15NS/c1-5(7-3)6(2)8-4/h5-7H,1-4H3. The first-order chi connectivity index (χ1) is 3.72. The molecule has 0 aliphatic heterocycles. The fraction of sp³-hybridized carbons (Fsp3) is 1.00. The summed E-state index contributed by atoms with van der Waals surface area (Å²) in [7, 11) is 2.00. The first-order valence-electron chi connectivity index (χ1n) is 2.92. The second-order valence-corrected chi connectivity index (χ2v) is 3.23. The van der Waals surface area contributed by atoms with E-state index in [2.05, 4.69) is 25.4 Å². The summed E-state index contributed by atoms with van der Waals surface area (Å²) in [6.45, 7) is 4.42. The Kier molecular flexibility index (Phi) is 4.38. The predicted molar refractivity (Wildman–Crippen MR) is 41.5 cm³/mol. The molecule has 0 saturated carbocycles. The van der Waals surface area contributed by atoms with Gasteiger partial charge in [0.25, 0.3) is 0 Å². The van der Waals surface area contributed by atoms with Crippen LogP contribution in [0.3, 0.4) is 0 Å². The van der Waals surface area contributed by atoms with E-state index in [0.29, 0.717) is 6.04 Å². The Bertz CT molecular complexity index is 48.5. The van der Waals surface area contributed by atoms with Crippen molar-refractivity contribution in [3.63, 3.8) is 0 Å². The minimum absolute atomic E-state index is 0.630. The van der Waals surface area contributed by atoms with Crippen molar-refractivity contribution < 1.29 is 0 Å². The number of thioether (sulfide) groups is 1. The summed E-state index contributed by atoms with van der Waals surface area (Å²) in [5, 5.41) is 3.92. The highest BCUT2D eigenvalue weighted by molar-refractivity contribution is 7.99. The van der Waals surface area contributed by atoms with E-state index in [1.165, 1.54) is 0 Å². The molecule has 1 nitrogen and oxygen atoms in total. The SMILES string of the molecule is CNC(C)C(C)SC. The molecular weight excluding hydrogens is 118 g/mol. The average Bonchev–Trinajstić information content (AvgIpc) is 1.84. The topological polar surface area (TPSA) is 12.0 Å². The van der Waals surface area contributed by atoms with Crippen LogP contribution in [0.25, 0.3) is 0 Å². The van der Waals surface area contributed by atoms with Crippen molar-refractivity contribution in [3.8, 4) is 0 Å². The van der Waals surface area contributed by atoms with E-state index in [4.69, 9.17) is 0 Å². The molecule has 2 unspecified atom stereocenters. The Morgan fingerprint density at radius 1 is 1.38 bits per heavy atom. The van der Waals surface area contributed by atoms with Gasteiger partial charge in [-0.2, -0.15) is 11.8 Å². The summed E-state index contributed by atoms with van der Waals surface area (Å²) in [4.78, 5) is 0. The molecule has 0 aliphatic rings. The maximum absolute atomic E-state index is 3.19. The van der Waals surface area contributed by atoms with E-state index in [1.807, 2.05) is 18.8 Å². The predicted octanol–water partition coefficient (Wildman–Crippen LogP) is 1.35. The van der Waals surface area contributed by atoms with E-state index in [0.717, 1.165) is 5.25 Å². The summed E-state index contributed by atoms with van der Waals surface area (Å²) in [5.74, 6) is 0. The third kappa shape index (κ3) is 2.58. The maximum atomic E-state index is 3.19. The molecule has 8 heavy (non-hydrogen) atoms. The van der Waals surface area contributed by atoms with Gasteiger partial charge >= 0.3 is 0 Å². The molecule has 0 heterocycles. The highest BCUT2D eigenvalue weighted by Gasteiger charge is 2.05. The number of rotatable bonds is 3. The van der Waals surface area contributed by atoms with Crippen LogP contribution in [0.2, 0.25) is 0 Å². The van der Waals surface area contributed by atoms with Crippen LogP contribution in [0.4, 0.5) is 0 Å². The number of hydrogen-bond donors (Lipinski definition) is 1. The molecule has 0 aliphatic carbocycles. The summed E-state index contributed by atoms with van der Waals surface area (Å²) in [6.07, 6.45) is 2.14. The Hall–Kier alpha value is 0.310. The van der Waals surface area contributed by atoms with Crippen LogP contribution in [-0.2, 0) is 0 Å². The first kappa shape index (κ1) is 8.31. The van der Waals surface area contributed by atoms with E-state index in [1.54, 1.807) is 0 Å². The zero-order valence-electron chi connectivity index (χ0n) is 6.06. The molecule has 0 aromatic heterocycles. The van der Waals surface area contributed by atoms with Crippen LogP contribution < -0.4 is 5.32 Å². The molecule has 2 heteroatoms. The maximum Gasteiger partial charge on any atom is 0.0167 e. The molecule has 0 saturated heterocycles. The zero-order chi connectivity index (χ0) is 6.57. The molecule has 1 N–H and O–H groups in total. The summed E-state index contributed by atoms with van der Waals surface area (Å²) >= 11 is 1.89. The van der Waals surface area contributed by atoms with Crippen molar-refractivity contribution >= 4 is 11.8 Å². The molecule has 0 aromatic rings. The minimum atomic E-state index is 0.630. The highest BCUT2D eigenvalue weighted by Crippen LogP contribution is 2.08. The summed E-state index contributed by atoms with van der Waals surface area (Å²) in [5.41, 5.74) is 0. The Morgan fingerprint density at radius 2 is 1.88 bits per heavy atom. The van der Waals surface area contributed by atoms with Gasteiger partial charge < -0.3 is 5.32 Å². The number of nitrogens with one attached hydrogen (secondary N) is 1. The van der Waals surface area contributed by atoms with Crippen molar-refractivity contribution in [3.05, 3.63) is 0 Å². The van der Waals surface area contributed by atoms with Gasteiger partial charge in [-0.3, -0.25) is 0 Å². The van der Waals surface area contributed by atoms with E-state index < -0.39 is 0 Å². The third-order valence-electron chi connectivity index (χ3n) is 1.53. The van der Waals surface area contributed by atoms with Gasteiger partial charge in [-0.05, 0) is 20.2 Å². The number of hydrogen-bond acceptors (Lipinski definition) is 2. The Morgan fingerprint density at radius 3 is 2.00 bits per heavy atom. The quantitative estimate of drug-likeness (QED) is 0.623. The normalized spacial score (nSPS) is 18.0. The van der Waals surface area contributed by atoms with Crippen molar-refractivity contribution in [2.24, 2.45) is 0 Å². The smallest absolute Gasteiger partial charge is 0.0167 e. The molecule has 0 spiro atoms. The Labute approximate surface area is 56.2 Å². The lowest BCUT2D eigenvalue weighted by molar-refractivity contribution is 0.606. The van der Waals surface area contributed by atoms with Gasteiger partial charge in [0.15, 0.2) is 0 Å². The zero-order valence-corrected chi connectivity index (χ0v) is 6.88. The van der Waals surface area contributed by atoms with Gasteiger partial charge in [0.05, 0.1) is 0 Å². The fourth-order valence-electron chi connectivity index (χ4n) is 0.439. The third-order valence-corrected chi connectivity index (χ3v) is 2.68. The van der Waals surface area contributed by atoms with Crippen molar-refractivity contribution in [1.29, 1.82) is 0 Å². The van der Waals surface area contributed by atoms with Crippen LogP contribution in [0.1, 0.15) is 13.8 Å². The lowest BCUT2D eigenvalue weighted by atomic mass is 10.3. The minimum Gasteiger partial charge on any atom is -0.316 e. The lowest BCUT2D eigenvalue weighted by Crippen LogP contribution is -2.30. The van der Waals surface area contributed by atoms with Gasteiger partial charge in [-0.25, -0.2) is 0 Å². The molecule has 0 rings (SSSR count). The van der Waals surface area contributed by atoms with Crippen molar-refractivity contribution in [1.82, 2.24) is 5.32 Å². The second-order valence-electron chi connectivity index (χ2n) is 2.02. The Balaban J connectivity index is 3.29. The van der Waals surface area contributed by atoms with Gasteiger partial charge in [-0.15, -0.1) is 0 Å². The van der Waals surface area contributed by atoms with Crippen LogP contribution in [0, 0.1) is 0 Å². The second kappa shape index (κ2) is 4.21. The molecule has 0 fully saturated rings. The van der Waals surface area contributed by atoms with E-state index >= 15 is 0 Å². The van der Waals surface area contributed by atoms with Crippen LogP contribution in [0.5, 0.6) is 0 Å². The first-order valence-corrected chi connectivity index (χ1v) is 4.21. The monoisotopic (exact) mass is 133 g/mol. The van der Waals surface area contributed by atoms with E-state index in [9.17, 15) is 0 Å². The van der Waals surface area contributed by atoms with Gasteiger partial charge in [0.1, 0.15) is 0 Å². The molecule has 0 amide bonds. The van der Waals surface area contributed by atoms with Gasteiger partial charge in [0.2, 0.25) is 0 Å². The molecule has 0 radical (unpaired) electrons. The van der Waals surface area contributed by atoms with Crippen molar-refractivity contribution in [2.45, 2.75) is 25.1 Å². The van der Waals surface area contributed by atoms with Crippen LogP contribution in [-0.4, -0.2) is 24.6 Å². The van der Waals surface area contributed by atoms with Crippen molar-refractivity contribution in [2.75, 3.05) is 13.3 Å². The summed E-state index contributed by atoms with van der Waals surface area (Å²) in [6, 6.07) is 0.630. The molecular formula is C6H15NS. The van der Waals surface area contributed by atoms with Gasteiger partial charge in [-0.1, -0.05) is 6.92 Å². The summed E-state index contributed by atoms with van der Waals surface area (Å²) < 4.78 is 0. The molecule has 0 bridgehead atoms. The molecule has 2 atom stereocenters. The average molecular weight is 133 g/mol. The van der Waals surface area contributed by atoms with E-state index in [-0.39, 0.29) is 0 Å². The van der Waals surface area contributed by atoms with Crippen LogP contribution in [0.15, 0.2) is 0 Å². The molecule has 50 valence electrons. The fourth-order valence-corrected chi connectivity index (χ4v) is 0.983.